The van der Waals surface area contributed by atoms with Gasteiger partial charge in [0.05, 0.1) is 6.04 Å². The monoisotopic (exact) mass is 200 g/mol. The standard InChI is InChI=1S/C13H16N2/c1-10(14)13-12(8-5-9-15-13)11-6-3-2-4-7-11/h2-10,12-13H,14H2,1H3. The predicted molar refractivity (Wildman–Crippen MR) is 64.3 cm³/mol. The molecule has 0 fully saturated rings. The van der Waals surface area contributed by atoms with Gasteiger partial charge in [0.1, 0.15) is 0 Å². The first-order valence-corrected chi connectivity index (χ1v) is 5.29. The highest BCUT2D eigenvalue weighted by Gasteiger charge is 2.24. The number of hydrogen-bond donors (Lipinski definition) is 1. The lowest BCUT2D eigenvalue weighted by Crippen LogP contribution is -2.35. The van der Waals surface area contributed by atoms with Crippen LogP contribution in [0.15, 0.2) is 47.5 Å². The third-order valence-electron chi connectivity index (χ3n) is 2.75. The second-order valence-corrected chi connectivity index (χ2v) is 3.97. The van der Waals surface area contributed by atoms with E-state index < -0.39 is 0 Å². The molecule has 1 aliphatic heterocycles. The molecule has 0 aliphatic carbocycles. The molecule has 2 heteroatoms. The van der Waals surface area contributed by atoms with Gasteiger partial charge >= 0.3 is 0 Å². The van der Waals surface area contributed by atoms with Crippen LogP contribution in [0.3, 0.4) is 0 Å². The molecular weight excluding hydrogens is 184 g/mol. The van der Waals surface area contributed by atoms with E-state index in [1.54, 1.807) is 0 Å². The third kappa shape index (κ3) is 2.16. The van der Waals surface area contributed by atoms with Crippen LogP contribution < -0.4 is 5.73 Å². The molecule has 3 atom stereocenters. The molecule has 78 valence electrons. The van der Waals surface area contributed by atoms with E-state index in [-0.39, 0.29) is 12.1 Å². The zero-order valence-electron chi connectivity index (χ0n) is 8.88. The minimum Gasteiger partial charge on any atom is -0.326 e. The zero-order chi connectivity index (χ0) is 10.7. The fourth-order valence-electron chi connectivity index (χ4n) is 1.97. The molecule has 0 radical (unpaired) electrons. The molecule has 0 saturated heterocycles. The second-order valence-electron chi connectivity index (χ2n) is 3.97. The van der Waals surface area contributed by atoms with Crippen LogP contribution in [-0.2, 0) is 0 Å². The van der Waals surface area contributed by atoms with Crippen LogP contribution in [0.25, 0.3) is 0 Å². The number of benzene rings is 1. The summed E-state index contributed by atoms with van der Waals surface area (Å²) in [6.45, 7) is 2.01. The van der Waals surface area contributed by atoms with Crippen LogP contribution in [0.1, 0.15) is 18.4 Å². The number of hydrogen-bond acceptors (Lipinski definition) is 2. The maximum Gasteiger partial charge on any atom is 0.0750 e. The van der Waals surface area contributed by atoms with Gasteiger partial charge in [-0.25, -0.2) is 0 Å². The van der Waals surface area contributed by atoms with Crippen molar-refractivity contribution in [2.75, 3.05) is 0 Å². The van der Waals surface area contributed by atoms with Gasteiger partial charge in [0.2, 0.25) is 0 Å². The largest absolute Gasteiger partial charge is 0.326 e. The molecule has 2 rings (SSSR count). The van der Waals surface area contributed by atoms with Gasteiger partial charge in [-0.3, -0.25) is 4.99 Å². The van der Waals surface area contributed by atoms with E-state index in [9.17, 15) is 0 Å². The number of dihydropyridines is 1. The molecule has 0 spiro atoms. The van der Waals surface area contributed by atoms with Crippen molar-refractivity contribution in [3.63, 3.8) is 0 Å². The summed E-state index contributed by atoms with van der Waals surface area (Å²) in [4.78, 5) is 4.45. The second kappa shape index (κ2) is 4.41. The molecule has 1 aromatic rings. The highest BCUT2D eigenvalue weighted by atomic mass is 14.9. The molecule has 0 saturated carbocycles. The van der Waals surface area contributed by atoms with E-state index in [4.69, 9.17) is 5.73 Å². The Morgan fingerprint density at radius 3 is 2.67 bits per heavy atom. The average Bonchev–Trinajstić information content (AvgIpc) is 2.30. The van der Waals surface area contributed by atoms with Crippen LogP contribution >= 0.6 is 0 Å². The average molecular weight is 200 g/mol. The first-order valence-electron chi connectivity index (χ1n) is 5.29. The molecule has 1 aliphatic rings. The number of rotatable bonds is 2. The summed E-state index contributed by atoms with van der Waals surface area (Å²) in [5.74, 6) is 0.316. The maximum atomic E-state index is 5.95. The van der Waals surface area contributed by atoms with Crippen molar-refractivity contribution in [3.05, 3.63) is 48.0 Å². The first-order chi connectivity index (χ1) is 7.29. The van der Waals surface area contributed by atoms with E-state index in [1.807, 2.05) is 25.3 Å². The highest BCUT2D eigenvalue weighted by Crippen LogP contribution is 2.26. The Morgan fingerprint density at radius 1 is 1.27 bits per heavy atom. The quantitative estimate of drug-likeness (QED) is 0.780. The van der Waals surface area contributed by atoms with Crippen LogP contribution in [0.4, 0.5) is 0 Å². The zero-order valence-corrected chi connectivity index (χ0v) is 8.88. The van der Waals surface area contributed by atoms with Crippen molar-refractivity contribution < 1.29 is 0 Å². The van der Waals surface area contributed by atoms with Crippen LogP contribution in [-0.4, -0.2) is 18.3 Å². The van der Waals surface area contributed by atoms with Crippen LogP contribution in [0.5, 0.6) is 0 Å². The normalized spacial score (nSPS) is 26.5. The molecule has 0 amide bonds. The summed E-state index contributed by atoms with van der Waals surface area (Å²) in [5, 5.41) is 0. The van der Waals surface area contributed by atoms with E-state index >= 15 is 0 Å². The van der Waals surface area contributed by atoms with Gasteiger partial charge in [-0.2, -0.15) is 0 Å². The molecule has 3 unspecified atom stereocenters. The van der Waals surface area contributed by atoms with E-state index in [2.05, 4.69) is 35.3 Å². The van der Waals surface area contributed by atoms with Crippen molar-refractivity contribution in [3.8, 4) is 0 Å². The van der Waals surface area contributed by atoms with E-state index in [1.165, 1.54) is 5.56 Å². The fourth-order valence-corrected chi connectivity index (χ4v) is 1.97. The Hall–Kier alpha value is -1.41. The van der Waals surface area contributed by atoms with Crippen LogP contribution in [0, 0.1) is 0 Å². The molecule has 1 aromatic carbocycles. The molecule has 1 heterocycles. The number of aliphatic imine (C=N–C) groups is 1. The van der Waals surface area contributed by atoms with Crippen molar-refractivity contribution in [1.29, 1.82) is 0 Å². The summed E-state index contributed by atoms with van der Waals surface area (Å²) in [5.41, 5.74) is 7.23. The van der Waals surface area contributed by atoms with Gasteiger partial charge in [0.25, 0.3) is 0 Å². The number of nitrogens with two attached hydrogens (primary N) is 1. The summed E-state index contributed by atoms with van der Waals surface area (Å²) in [7, 11) is 0. The van der Waals surface area contributed by atoms with E-state index in [0.29, 0.717) is 5.92 Å². The van der Waals surface area contributed by atoms with Gasteiger partial charge in [-0.15, -0.1) is 0 Å². The predicted octanol–water partition coefficient (Wildman–Crippen LogP) is 2.13. The Labute approximate surface area is 90.5 Å². The SMILES string of the molecule is CC(N)C1N=CC=CC1c1ccccc1. The summed E-state index contributed by atoms with van der Waals surface area (Å²) in [6.07, 6.45) is 6.01. The van der Waals surface area contributed by atoms with Crippen molar-refractivity contribution in [1.82, 2.24) is 0 Å². The smallest absolute Gasteiger partial charge is 0.0750 e. The number of allylic oxidation sites excluding steroid dienone is 1. The van der Waals surface area contributed by atoms with Gasteiger partial charge in [-0.1, -0.05) is 36.4 Å². The minimum atomic E-state index is 0.0800. The van der Waals surface area contributed by atoms with Gasteiger partial charge in [0, 0.05) is 18.2 Å². The maximum absolute atomic E-state index is 5.95. The van der Waals surface area contributed by atoms with Crippen molar-refractivity contribution in [2.45, 2.75) is 24.9 Å². The van der Waals surface area contributed by atoms with Crippen molar-refractivity contribution in [2.24, 2.45) is 10.7 Å². The molecule has 0 aromatic heterocycles. The Morgan fingerprint density at radius 2 is 2.00 bits per heavy atom. The lowest BCUT2D eigenvalue weighted by Gasteiger charge is -2.26. The fraction of sp³-hybridized carbons (Fsp3) is 0.308. The van der Waals surface area contributed by atoms with Gasteiger partial charge < -0.3 is 5.73 Å². The molecule has 0 bridgehead atoms. The van der Waals surface area contributed by atoms with Crippen molar-refractivity contribution >= 4 is 6.21 Å². The van der Waals surface area contributed by atoms with Gasteiger partial charge in [0.15, 0.2) is 0 Å². The Kier molecular flexibility index (Phi) is 2.97. The molecular formula is C13H16N2. The molecule has 2 nitrogen and oxygen atoms in total. The molecule has 2 N–H and O–H groups in total. The molecule has 15 heavy (non-hydrogen) atoms. The lowest BCUT2D eigenvalue weighted by atomic mass is 9.87. The lowest BCUT2D eigenvalue weighted by molar-refractivity contribution is 0.517. The topological polar surface area (TPSA) is 38.4 Å². The minimum absolute atomic E-state index is 0.0800. The highest BCUT2D eigenvalue weighted by molar-refractivity contribution is 5.73. The summed E-state index contributed by atoms with van der Waals surface area (Å²) < 4.78 is 0. The Balaban J connectivity index is 2.28. The summed E-state index contributed by atoms with van der Waals surface area (Å²) in [6, 6.07) is 10.6. The summed E-state index contributed by atoms with van der Waals surface area (Å²) >= 11 is 0. The van der Waals surface area contributed by atoms with Gasteiger partial charge in [-0.05, 0) is 18.6 Å². The number of nitrogens with zero attached hydrogens (tertiary/aromatic N) is 1. The van der Waals surface area contributed by atoms with E-state index in [0.717, 1.165) is 0 Å². The Bertz CT molecular complexity index is 365. The van der Waals surface area contributed by atoms with Crippen LogP contribution in [0.2, 0.25) is 0 Å². The third-order valence-corrected chi connectivity index (χ3v) is 2.75. The first kappa shape index (κ1) is 10.1.